The van der Waals surface area contributed by atoms with Crippen LogP contribution in [0.4, 0.5) is 5.82 Å². The summed E-state index contributed by atoms with van der Waals surface area (Å²) in [5.41, 5.74) is 2.52. The lowest BCUT2D eigenvalue weighted by molar-refractivity contribution is -0.136. The summed E-state index contributed by atoms with van der Waals surface area (Å²) >= 11 is 0. The van der Waals surface area contributed by atoms with Gasteiger partial charge in [0.2, 0.25) is 11.8 Å². The molecule has 0 spiro atoms. The number of hydrogen-bond acceptors (Lipinski definition) is 5. The maximum absolute atomic E-state index is 13.3. The van der Waals surface area contributed by atoms with Crippen molar-refractivity contribution in [3.63, 3.8) is 0 Å². The number of pyridine rings is 1. The summed E-state index contributed by atoms with van der Waals surface area (Å²) in [6.45, 7) is 3.60. The fraction of sp³-hybridized carbons (Fsp3) is 0.304. The number of para-hydroxylation sites is 1. The lowest BCUT2D eigenvalue weighted by Gasteiger charge is -2.37. The fourth-order valence-electron chi connectivity index (χ4n) is 4.06. The number of carbonyl (C=O) groups excluding carboxylic acids is 2. The van der Waals surface area contributed by atoms with Crippen molar-refractivity contribution in [2.24, 2.45) is 0 Å². The van der Waals surface area contributed by atoms with E-state index in [1.165, 1.54) is 6.92 Å². The quantitative estimate of drug-likeness (QED) is 0.660. The molecule has 158 valence electrons. The van der Waals surface area contributed by atoms with Gasteiger partial charge in [0.05, 0.1) is 5.56 Å². The Morgan fingerprint density at radius 2 is 1.97 bits per heavy atom. The van der Waals surface area contributed by atoms with Crippen molar-refractivity contribution in [3.8, 4) is 6.07 Å². The van der Waals surface area contributed by atoms with E-state index < -0.39 is 6.04 Å². The Morgan fingerprint density at radius 3 is 2.71 bits per heavy atom. The second kappa shape index (κ2) is 8.88. The van der Waals surface area contributed by atoms with Crippen LogP contribution >= 0.6 is 0 Å². The fourth-order valence-corrected chi connectivity index (χ4v) is 4.06. The number of carbonyl (C=O) groups is 2. The highest BCUT2D eigenvalue weighted by molar-refractivity contribution is 5.89. The Bertz CT molecular complexity index is 1140. The molecule has 1 aromatic carbocycles. The van der Waals surface area contributed by atoms with Crippen molar-refractivity contribution in [2.45, 2.75) is 19.4 Å². The van der Waals surface area contributed by atoms with Crippen LogP contribution < -0.4 is 10.2 Å². The van der Waals surface area contributed by atoms with E-state index in [2.05, 4.69) is 21.4 Å². The summed E-state index contributed by atoms with van der Waals surface area (Å²) in [5.74, 6) is 0.319. The number of amides is 2. The highest BCUT2D eigenvalue weighted by Crippen LogP contribution is 2.21. The van der Waals surface area contributed by atoms with Crippen LogP contribution in [0, 0.1) is 11.3 Å². The van der Waals surface area contributed by atoms with E-state index in [4.69, 9.17) is 0 Å². The van der Waals surface area contributed by atoms with Crippen molar-refractivity contribution >= 4 is 28.5 Å². The molecule has 1 fully saturated rings. The summed E-state index contributed by atoms with van der Waals surface area (Å²) in [7, 11) is 0. The molecule has 3 aromatic rings. The van der Waals surface area contributed by atoms with Crippen LogP contribution in [0.15, 0.2) is 48.8 Å². The third-order valence-electron chi connectivity index (χ3n) is 5.57. The predicted molar refractivity (Wildman–Crippen MR) is 117 cm³/mol. The number of H-pyrrole nitrogens is 1. The van der Waals surface area contributed by atoms with Crippen molar-refractivity contribution in [1.82, 2.24) is 20.2 Å². The van der Waals surface area contributed by atoms with Crippen LogP contribution in [0.5, 0.6) is 0 Å². The van der Waals surface area contributed by atoms with Gasteiger partial charge >= 0.3 is 0 Å². The van der Waals surface area contributed by atoms with Gasteiger partial charge in [-0.2, -0.15) is 5.26 Å². The summed E-state index contributed by atoms with van der Waals surface area (Å²) in [4.78, 5) is 36.4. The maximum atomic E-state index is 13.3. The molecule has 3 heterocycles. The lowest BCUT2D eigenvalue weighted by atomic mass is 10.0. The van der Waals surface area contributed by atoms with Crippen LogP contribution in [0.25, 0.3) is 10.9 Å². The summed E-state index contributed by atoms with van der Waals surface area (Å²) in [5, 5.41) is 13.2. The molecule has 0 unspecified atom stereocenters. The second-order valence-corrected chi connectivity index (χ2v) is 7.62. The van der Waals surface area contributed by atoms with Gasteiger partial charge in [0.15, 0.2) is 0 Å². The molecule has 0 aliphatic carbocycles. The third kappa shape index (κ3) is 4.36. The first kappa shape index (κ1) is 20.4. The zero-order chi connectivity index (χ0) is 21.8. The van der Waals surface area contributed by atoms with Gasteiger partial charge in [0.25, 0.3) is 0 Å². The Morgan fingerprint density at radius 1 is 1.19 bits per heavy atom. The van der Waals surface area contributed by atoms with Gasteiger partial charge in [-0.25, -0.2) is 4.98 Å². The maximum Gasteiger partial charge on any atom is 0.245 e. The van der Waals surface area contributed by atoms with Crippen molar-refractivity contribution in [3.05, 3.63) is 59.9 Å². The number of aromatic amines is 1. The number of fused-ring (bicyclic) bond motifs is 1. The summed E-state index contributed by atoms with van der Waals surface area (Å²) < 4.78 is 0. The summed E-state index contributed by atoms with van der Waals surface area (Å²) in [6, 6.07) is 12.9. The average Bonchev–Trinajstić information content (AvgIpc) is 3.21. The van der Waals surface area contributed by atoms with Gasteiger partial charge in [-0.15, -0.1) is 0 Å². The zero-order valence-corrected chi connectivity index (χ0v) is 17.3. The Balaban J connectivity index is 1.47. The molecule has 8 nitrogen and oxygen atoms in total. The predicted octanol–water partition coefficient (Wildman–Crippen LogP) is 1.83. The number of piperazine rings is 1. The van der Waals surface area contributed by atoms with Crippen LogP contribution in [0.3, 0.4) is 0 Å². The minimum atomic E-state index is -0.632. The first-order chi connectivity index (χ1) is 15.1. The molecular formula is C23H24N6O2. The van der Waals surface area contributed by atoms with E-state index >= 15 is 0 Å². The molecule has 2 N–H and O–H groups in total. The molecule has 4 rings (SSSR count). The van der Waals surface area contributed by atoms with Crippen LogP contribution in [0.1, 0.15) is 18.1 Å². The Kier molecular flexibility index (Phi) is 5.85. The number of hydrogen-bond donors (Lipinski definition) is 2. The van der Waals surface area contributed by atoms with Gasteiger partial charge < -0.3 is 20.1 Å². The minimum Gasteiger partial charge on any atom is -0.361 e. The molecular weight excluding hydrogens is 392 g/mol. The van der Waals surface area contributed by atoms with Gasteiger partial charge in [-0.1, -0.05) is 18.2 Å². The van der Waals surface area contributed by atoms with E-state index in [9.17, 15) is 14.9 Å². The molecule has 8 heteroatoms. The third-order valence-corrected chi connectivity index (χ3v) is 5.57. The Hall–Kier alpha value is -3.86. The van der Waals surface area contributed by atoms with E-state index in [0.717, 1.165) is 16.5 Å². The standard InChI is InChI=1S/C23H24N6O2/c1-16(30)27-21(13-18-15-26-20-7-3-2-6-19(18)20)23(31)29-11-9-28(10-12-29)22-17(14-24)5-4-8-25-22/h2-8,15,21,26H,9-13H2,1H3,(H,27,30)/t21-/m0/s1. The normalized spacial score (nSPS) is 14.8. The average molecular weight is 416 g/mol. The topological polar surface area (TPSA) is 105 Å². The SMILES string of the molecule is CC(=O)N[C@@H](Cc1c[nH]c2ccccc12)C(=O)N1CCN(c2ncccc2C#N)CC1. The molecule has 31 heavy (non-hydrogen) atoms. The number of aromatic nitrogens is 2. The number of nitrogens with one attached hydrogen (secondary N) is 2. The van der Waals surface area contributed by atoms with Crippen molar-refractivity contribution in [1.29, 1.82) is 5.26 Å². The largest absolute Gasteiger partial charge is 0.361 e. The molecule has 1 atom stereocenters. The second-order valence-electron chi connectivity index (χ2n) is 7.62. The highest BCUT2D eigenvalue weighted by atomic mass is 16.2. The van der Waals surface area contributed by atoms with Gasteiger partial charge in [-0.3, -0.25) is 9.59 Å². The number of nitriles is 1. The van der Waals surface area contributed by atoms with E-state index in [1.807, 2.05) is 35.4 Å². The van der Waals surface area contributed by atoms with Crippen LogP contribution in [-0.4, -0.2) is 58.9 Å². The van der Waals surface area contributed by atoms with Gasteiger partial charge in [-0.05, 0) is 23.8 Å². The van der Waals surface area contributed by atoms with E-state index in [-0.39, 0.29) is 11.8 Å². The van der Waals surface area contributed by atoms with E-state index in [0.29, 0.717) is 44.0 Å². The number of benzene rings is 1. The minimum absolute atomic E-state index is 0.0957. The lowest BCUT2D eigenvalue weighted by Crippen LogP contribution is -2.55. The molecule has 1 aliphatic rings. The Labute approximate surface area is 180 Å². The number of rotatable bonds is 5. The van der Waals surface area contributed by atoms with Crippen molar-refractivity contribution in [2.75, 3.05) is 31.1 Å². The summed E-state index contributed by atoms with van der Waals surface area (Å²) in [6.07, 6.45) is 3.98. The highest BCUT2D eigenvalue weighted by Gasteiger charge is 2.29. The molecule has 0 radical (unpaired) electrons. The smallest absolute Gasteiger partial charge is 0.245 e. The number of nitrogens with zero attached hydrogens (tertiary/aromatic N) is 4. The molecule has 1 saturated heterocycles. The monoisotopic (exact) mass is 416 g/mol. The molecule has 1 aliphatic heterocycles. The van der Waals surface area contributed by atoms with Crippen molar-refractivity contribution < 1.29 is 9.59 Å². The van der Waals surface area contributed by atoms with Gasteiger partial charge in [0, 0.05) is 62.8 Å². The zero-order valence-electron chi connectivity index (χ0n) is 17.3. The van der Waals surface area contributed by atoms with E-state index in [1.54, 1.807) is 23.2 Å². The molecule has 0 bridgehead atoms. The van der Waals surface area contributed by atoms with Crippen LogP contribution in [-0.2, 0) is 16.0 Å². The first-order valence-corrected chi connectivity index (χ1v) is 10.3. The molecule has 2 amide bonds. The number of anilines is 1. The first-order valence-electron chi connectivity index (χ1n) is 10.3. The van der Waals surface area contributed by atoms with Gasteiger partial charge in [0.1, 0.15) is 17.9 Å². The molecule has 0 saturated carbocycles. The van der Waals surface area contributed by atoms with Crippen LogP contribution in [0.2, 0.25) is 0 Å². The molecule has 2 aromatic heterocycles.